The van der Waals surface area contributed by atoms with E-state index in [-0.39, 0.29) is 11.7 Å². The molecule has 0 radical (unpaired) electrons. The molecule has 1 atom stereocenters. The van der Waals surface area contributed by atoms with E-state index in [1.807, 2.05) is 6.92 Å². The maximum Gasteiger partial charge on any atom is 0.245 e. The molecule has 0 aliphatic carbocycles. The molecule has 1 fully saturated rings. The Morgan fingerprint density at radius 1 is 1.33 bits per heavy atom. The maximum atomic E-state index is 13.0. The van der Waals surface area contributed by atoms with E-state index in [4.69, 9.17) is 5.26 Å². The molecule has 1 amide bonds. The first kappa shape index (κ1) is 15.9. The van der Waals surface area contributed by atoms with Gasteiger partial charge in [-0.1, -0.05) is 12.1 Å². The Bertz CT molecular complexity index is 798. The van der Waals surface area contributed by atoms with Crippen LogP contribution in [0.4, 0.5) is 10.2 Å². The highest BCUT2D eigenvalue weighted by molar-refractivity contribution is 5.86. The standard InChI is InChI=1S/C18H17FN4O/c1-12-2-5-14(10-20)17(21-12)22-16-8-9-23(18(16)24)11-13-3-6-15(19)7-4-13/h2-7,16H,8-9,11H2,1H3,(H,21,22). The fourth-order valence-electron chi connectivity index (χ4n) is 2.76. The van der Waals surface area contributed by atoms with E-state index in [0.29, 0.717) is 30.9 Å². The van der Waals surface area contributed by atoms with Crippen molar-refractivity contribution in [2.75, 3.05) is 11.9 Å². The second-order valence-electron chi connectivity index (χ2n) is 5.83. The number of likely N-dealkylation sites (tertiary alicyclic amines) is 1. The van der Waals surface area contributed by atoms with Crippen LogP contribution in [0.25, 0.3) is 0 Å². The highest BCUT2D eigenvalue weighted by Crippen LogP contribution is 2.21. The Morgan fingerprint density at radius 3 is 2.79 bits per heavy atom. The molecule has 1 aromatic carbocycles. The minimum absolute atomic E-state index is 0.0356. The molecule has 1 aromatic heterocycles. The van der Waals surface area contributed by atoms with Crippen LogP contribution in [0.1, 0.15) is 23.2 Å². The van der Waals surface area contributed by atoms with Crippen LogP contribution >= 0.6 is 0 Å². The van der Waals surface area contributed by atoms with Gasteiger partial charge in [-0.3, -0.25) is 4.79 Å². The molecule has 122 valence electrons. The number of carbonyl (C=O) groups is 1. The lowest BCUT2D eigenvalue weighted by molar-refractivity contribution is -0.128. The van der Waals surface area contributed by atoms with Crippen molar-refractivity contribution in [3.63, 3.8) is 0 Å². The van der Waals surface area contributed by atoms with Gasteiger partial charge in [-0.2, -0.15) is 5.26 Å². The normalized spacial score (nSPS) is 17.0. The Kier molecular flexibility index (Phi) is 4.43. The quantitative estimate of drug-likeness (QED) is 0.938. The Balaban J connectivity index is 1.69. The van der Waals surface area contributed by atoms with Gasteiger partial charge in [0.25, 0.3) is 0 Å². The van der Waals surface area contributed by atoms with Gasteiger partial charge in [-0.25, -0.2) is 9.37 Å². The average molecular weight is 324 g/mol. The van der Waals surface area contributed by atoms with Crippen LogP contribution in [-0.4, -0.2) is 28.4 Å². The molecule has 2 heterocycles. The number of hydrogen-bond acceptors (Lipinski definition) is 4. The lowest BCUT2D eigenvalue weighted by Crippen LogP contribution is -2.33. The number of nitrogens with one attached hydrogen (secondary N) is 1. The Labute approximate surface area is 139 Å². The summed E-state index contributed by atoms with van der Waals surface area (Å²) in [7, 11) is 0. The third kappa shape index (κ3) is 3.35. The van der Waals surface area contributed by atoms with Crippen molar-refractivity contribution in [3.8, 4) is 6.07 Å². The first-order valence-electron chi connectivity index (χ1n) is 7.74. The van der Waals surface area contributed by atoms with E-state index in [9.17, 15) is 9.18 Å². The highest BCUT2D eigenvalue weighted by Gasteiger charge is 2.32. The lowest BCUT2D eigenvalue weighted by atomic mass is 10.2. The van der Waals surface area contributed by atoms with Gasteiger partial charge in [0.15, 0.2) is 0 Å². The summed E-state index contributed by atoms with van der Waals surface area (Å²) in [6, 6.07) is 11.3. The van der Waals surface area contributed by atoms with Crippen molar-refractivity contribution in [1.82, 2.24) is 9.88 Å². The summed E-state index contributed by atoms with van der Waals surface area (Å²) >= 11 is 0. The number of nitrogens with zero attached hydrogens (tertiary/aromatic N) is 3. The van der Waals surface area contributed by atoms with Crippen molar-refractivity contribution in [1.29, 1.82) is 5.26 Å². The SMILES string of the molecule is Cc1ccc(C#N)c(NC2CCN(Cc3ccc(F)cc3)C2=O)n1. The average Bonchev–Trinajstić information content (AvgIpc) is 2.90. The molecule has 0 bridgehead atoms. The second kappa shape index (κ2) is 6.67. The molecule has 2 aromatic rings. The third-order valence-corrected chi connectivity index (χ3v) is 4.05. The van der Waals surface area contributed by atoms with Gasteiger partial charge in [0.05, 0.1) is 5.56 Å². The van der Waals surface area contributed by atoms with Crippen LogP contribution in [0.3, 0.4) is 0 Å². The fourth-order valence-corrected chi connectivity index (χ4v) is 2.76. The van der Waals surface area contributed by atoms with Crippen LogP contribution in [0.2, 0.25) is 0 Å². The van der Waals surface area contributed by atoms with Gasteiger partial charge in [-0.05, 0) is 43.2 Å². The van der Waals surface area contributed by atoms with Gasteiger partial charge in [0.2, 0.25) is 5.91 Å². The number of benzene rings is 1. The van der Waals surface area contributed by atoms with Crippen LogP contribution in [0.15, 0.2) is 36.4 Å². The molecule has 1 saturated heterocycles. The largest absolute Gasteiger partial charge is 0.357 e. The number of hydrogen-bond donors (Lipinski definition) is 1. The van der Waals surface area contributed by atoms with Crippen molar-refractivity contribution in [2.24, 2.45) is 0 Å². The number of carbonyl (C=O) groups excluding carboxylic acids is 1. The van der Waals surface area contributed by atoms with Gasteiger partial charge >= 0.3 is 0 Å². The summed E-state index contributed by atoms with van der Waals surface area (Å²) in [6.45, 7) is 2.90. The van der Waals surface area contributed by atoms with Gasteiger partial charge in [0.1, 0.15) is 23.7 Å². The molecule has 3 rings (SSSR count). The van der Waals surface area contributed by atoms with Gasteiger partial charge in [0, 0.05) is 18.8 Å². The first-order chi connectivity index (χ1) is 11.6. The number of aromatic nitrogens is 1. The molecule has 0 spiro atoms. The van der Waals surface area contributed by atoms with Gasteiger partial charge in [-0.15, -0.1) is 0 Å². The topological polar surface area (TPSA) is 69.0 Å². The Morgan fingerprint density at radius 2 is 2.08 bits per heavy atom. The smallest absolute Gasteiger partial charge is 0.245 e. The molecule has 5 nitrogen and oxygen atoms in total. The number of halogens is 1. The molecule has 1 aliphatic heterocycles. The maximum absolute atomic E-state index is 13.0. The number of pyridine rings is 1. The molecular weight excluding hydrogens is 307 g/mol. The van der Waals surface area contributed by atoms with E-state index in [1.165, 1.54) is 12.1 Å². The van der Waals surface area contributed by atoms with Crippen molar-refractivity contribution < 1.29 is 9.18 Å². The lowest BCUT2D eigenvalue weighted by Gasteiger charge is -2.18. The minimum atomic E-state index is -0.396. The zero-order chi connectivity index (χ0) is 17.1. The predicted molar refractivity (Wildman–Crippen MR) is 87.5 cm³/mol. The molecule has 1 aliphatic rings. The number of aryl methyl sites for hydroxylation is 1. The van der Waals surface area contributed by atoms with Crippen molar-refractivity contribution in [2.45, 2.75) is 25.9 Å². The minimum Gasteiger partial charge on any atom is -0.357 e. The summed E-state index contributed by atoms with van der Waals surface area (Å²) in [6.07, 6.45) is 0.639. The van der Waals surface area contributed by atoms with Crippen molar-refractivity contribution >= 4 is 11.7 Å². The fraction of sp³-hybridized carbons (Fsp3) is 0.278. The van der Waals surface area contributed by atoms with Crippen LogP contribution < -0.4 is 5.32 Å². The zero-order valence-electron chi connectivity index (χ0n) is 13.3. The number of amides is 1. The zero-order valence-corrected chi connectivity index (χ0v) is 13.3. The van der Waals surface area contributed by atoms with E-state index in [0.717, 1.165) is 11.3 Å². The molecule has 1 N–H and O–H groups in total. The summed E-state index contributed by atoms with van der Waals surface area (Å²) in [5.74, 6) is 0.117. The summed E-state index contributed by atoms with van der Waals surface area (Å²) in [5, 5.41) is 12.3. The molecule has 24 heavy (non-hydrogen) atoms. The van der Waals surface area contributed by atoms with E-state index in [1.54, 1.807) is 29.2 Å². The van der Waals surface area contributed by atoms with Crippen LogP contribution in [-0.2, 0) is 11.3 Å². The summed E-state index contributed by atoms with van der Waals surface area (Å²) < 4.78 is 13.0. The molecule has 1 unspecified atom stereocenters. The van der Waals surface area contributed by atoms with Gasteiger partial charge < -0.3 is 10.2 Å². The highest BCUT2D eigenvalue weighted by atomic mass is 19.1. The predicted octanol–water partition coefficient (Wildman–Crippen LogP) is 2.61. The van der Waals surface area contributed by atoms with Crippen LogP contribution in [0.5, 0.6) is 0 Å². The molecular formula is C18H17FN4O. The van der Waals surface area contributed by atoms with E-state index >= 15 is 0 Å². The third-order valence-electron chi connectivity index (χ3n) is 4.05. The van der Waals surface area contributed by atoms with E-state index in [2.05, 4.69) is 16.4 Å². The summed E-state index contributed by atoms with van der Waals surface area (Å²) in [4.78, 5) is 18.6. The summed E-state index contributed by atoms with van der Waals surface area (Å²) in [5.41, 5.74) is 2.09. The molecule has 0 saturated carbocycles. The van der Waals surface area contributed by atoms with E-state index < -0.39 is 6.04 Å². The van der Waals surface area contributed by atoms with Crippen LogP contribution in [0, 0.1) is 24.1 Å². The second-order valence-corrected chi connectivity index (χ2v) is 5.83. The first-order valence-corrected chi connectivity index (χ1v) is 7.74. The monoisotopic (exact) mass is 324 g/mol. The van der Waals surface area contributed by atoms with Crippen molar-refractivity contribution in [3.05, 3.63) is 59.0 Å². The number of rotatable bonds is 4. The Hall–Kier alpha value is -2.94. The number of nitriles is 1. The molecule has 6 heteroatoms. The number of anilines is 1.